The summed E-state index contributed by atoms with van der Waals surface area (Å²) in [4.78, 5) is 59.5. The summed E-state index contributed by atoms with van der Waals surface area (Å²) in [6.45, 7) is 5.36. The number of aliphatic hydroxyl groups excluding tert-OH is 2. The number of aryl methyl sites for hydroxylation is 2. The van der Waals surface area contributed by atoms with Gasteiger partial charge < -0.3 is 95.7 Å². The Morgan fingerprint density at radius 2 is 0.496 bits per heavy atom. The van der Waals surface area contributed by atoms with Crippen LogP contribution in [0.1, 0.15) is 66.8 Å². The average molecular weight is 1990 g/mol. The molecule has 0 aromatic heterocycles. The molecule has 13 N–H and O–H groups in total. The molecule has 35 heteroatoms. The number of esters is 4. The van der Waals surface area contributed by atoms with Crippen LogP contribution in [0.2, 0.25) is 0 Å². The minimum Gasteiger partial charge on any atom is -0.744 e. The van der Waals surface area contributed by atoms with Gasteiger partial charge in [-0.15, -0.1) is 37.2 Å². The summed E-state index contributed by atoms with van der Waals surface area (Å²) in [7, 11) is -10.1. The van der Waals surface area contributed by atoms with Gasteiger partial charge in [-0.25, -0.2) is 16.8 Å². The number of carboxylic acids is 1. The fraction of sp³-hybridized carbons (Fsp3) is 0.230. The van der Waals surface area contributed by atoms with Gasteiger partial charge in [-0.05, 0) is 187 Å². The number of nitrogens with two attached hydrogens (primary N) is 5. The van der Waals surface area contributed by atoms with Crippen LogP contribution in [-0.2, 0) is 140 Å². The van der Waals surface area contributed by atoms with Gasteiger partial charge in [0.15, 0.2) is 11.8 Å². The highest BCUT2D eigenvalue weighted by molar-refractivity contribution is 7.88. The molecule has 0 heterocycles. The highest BCUT2D eigenvalue weighted by Crippen LogP contribution is 2.22. The molecule has 12 aromatic rings. The Bertz CT molecular complexity index is 5170. The van der Waals surface area contributed by atoms with Gasteiger partial charge in [0.25, 0.3) is 0 Å². The first-order valence-electron chi connectivity index (χ1n) is 42.3. The molecule has 0 amide bonds. The van der Waals surface area contributed by atoms with Gasteiger partial charge in [-0.2, -0.15) is 0 Å². The number of hydrogen-bond acceptors (Lipinski definition) is 28. The third kappa shape index (κ3) is 48.6. The maximum absolute atomic E-state index is 12.3. The molecule has 0 radical (unpaired) electrons. The number of carbonyl (C=O) groups excluding carboxylic acids is 4. The molecule has 0 fully saturated rings. The van der Waals surface area contributed by atoms with Crippen molar-refractivity contribution in [2.24, 2.45) is 28.7 Å². The Hall–Kier alpha value is -12.1. The second-order valence-corrected chi connectivity index (χ2v) is 31.9. The maximum Gasteiger partial charge on any atom is 0.351 e. The normalized spacial score (nSPS) is 11.7. The Labute approximate surface area is 816 Å². The van der Waals surface area contributed by atoms with E-state index in [4.69, 9.17) is 89.2 Å². The monoisotopic (exact) mass is 1990 g/mol. The number of rotatable bonds is 39. The summed E-state index contributed by atoms with van der Waals surface area (Å²) in [5.74, 6) is 0.364. The lowest BCUT2D eigenvalue weighted by Gasteiger charge is -2.14. The van der Waals surface area contributed by atoms with Gasteiger partial charge in [0.1, 0.15) is 147 Å². The SMILES string of the molecule is Cc1ccc(S(=O)(=O)[O-])cc1.Cc1ccc(S(=O)(=O)[O-])cc1.Cl.Cl.Cl.NC(Cc1ccc(OCc2ccccc2)cc1)C(=O)O.NC(Cc1ccc(OCc2ccccc2)cc1)C(=O)OCCOC(=O)C(N)Cc1ccc(OCc2ccccc2)cc1.NC(Cc1ccc(OCc2ccccc2)cc1)C(=O)OCCOC(=O)C(N)Cc1ccc(OCc2ccccc2)cc1.OCCO.[2H][P+]([3H])=S. The fourth-order valence-corrected chi connectivity index (χ4v) is 12.3. The zero-order valence-corrected chi connectivity index (χ0v) is 79.9. The fourth-order valence-electron chi connectivity index (χ4n) is 11.4. The summed E-state index contributed by atoms with van der Waals surface area (Å²) in [6, 6.07) is 93.7. The molecule has 12 aromatic carbocycles. The van der Waals surface area contributed by atoms with Crippen LogP contribution >= 0.6 is 45.1 Å². The second kappa shape index (κ2) is 65.5. The lowest BCUT2D eigenvalue weighted by atomic mass is 10.1. The van der Waals surface area contributed by atoms with E-state index in [0.717, 1.165) is 95.5 Å². The third-order valence-corrected chi connectivity index (χ3v) is 20.2. The number of halogens is 3. The Morgan fingerprint density at radius 3 is 0.652 bits per heavy atom. The van der Waals surface area contributed by atoms with E-state index >= 15 is 0 Å². The first kappa shape index (κ1) is 113. The molecule has 0 spiro atoms. The van der Waals surface area contributed by atoms with E-state index in [9.17, 15) is 49.9 Å². The van der Waals surface area contributed by atoms with Crippen LogP contribution in [0.15, 0.2) is 331 Å². The molecule has 28 nitrogen and oxygen atoms in total. The van der Waals surface area contributed by atoms with Crippen LogP contribution in [-0.4, -0.2) is 144 Å². The van der Waals surface area contributed by atoms with Crippen molar-refractivity contribution >= 4 is 107 Å². The van der Waals surface area contributed by atoms with Crippen LogP contribution < -0.4 is 52.4 Å². The summed E-state index contributed by atoms with van der Waals surface area (Å²) >= 11 is 4.02. The molecule has 6 unspecified atom stereocenters. The topological polar surface area (TPSA) is 474 Å². The lowest BCUT2D eigenvalue weighted by molar-refractivity contribution is -0.153. The Kier molecular flexibility index (Phi) is 55.1. The zero-order chi connectivity index (χ0) is 97.5. The quantitative estimate of drug-likeness (QED) is 0.00583. The average Bonchev–Trinajstić information content (AvgIpc) is 0.870. The maximum atomic E-state index is 12.3. The number of carbonyl (C=O) groups is 5. The van der Waals surface area contributed by atoms with E-state index in [-0.39, 0.29) is 86.7 Å². The molecule has 135 heavy (non-hydrogen) atoms. The first-order valence-corrected chi connectivity index (χ1v) is 45.7. The molecule has 0 aliphatic rings. The van der Waals surface area contributed by atoms with Gasteiger partial charge in [0.05, 0.1) is 23.0 Å². The number of benzene rings is 12. The van der Waals surface area contributed by atoms with Crippen molar-refractivity contribution in [1.82, 2.24) is 0 Å². The standard InChI is InChI=1S/2C34H36N2O6.C16H17NO3.2C7H8O3S.C2H6O2.3ClH.HPS/c2*35-31(21-25-11-15-29(16-12-25)41-23-27-7-3-1-4-8-27)33(37)39-19-20-40-34(38)32(36)22-26-13-17-30(18-14-26)42-24-28-9-5-2-6-10-28;17-15(16(18)19)10-12-6-8-14(9-7-12)20-11-13-4-2-1-3-5-13;2*1-6-2-4-7(5-3-6)11(8,9)10;3-1-2-4;;;;1-2/h2*1-18,31-32H,19-24,35-36H2;1-9,15H,10-11,17H2,(H,18,19);2*2-5H,1H3,(H,8,9,10);3-4H,1-2H2;3*1H;1H/p-1/i;;;;;;;;;1T/hD. The van der Waals surface area contributed by atoms with Crippen molar-refractivity contribution in [2.45, 2.75) is 119 Å². The van der Waals surface area contributed by atoms with Gasteiger partial charge in [0, 0.05) is 0 Å². The van der Waals surface area contributed by atoms with Crippen LogP contribution in [0.5, 0.6) is 28.7 Å². The van der Waals surface area contributed by atoms with Gasteiger partial charge >= 0.3 is 32.4 Å². The summed E-state index contributed by atoms with van der Waals surface area (Å²) in [5.41, 5.74) is 41.2. The van der Waals surface area contributed by atoms with Gasteiger partial charge in [0.2, 0.25) is 0 Å². The van der Waals surface area contributed by atoms with Crippen molar-refractivity contribution in [3.8, 4) is 28.7 Å². The smallest absolute Gasteiger partial charge is 0.351 e. The molecular formula is C100H114Cl3N5O23PS3-. The van der Waals surface area contributed by atoms with E-state index in [1.807, 2.05) is 287 Å². The van der Waals surface area contributed by atoms with E-state index in [1.54, 1.807) is 24.3 Å². The minimum atomic E-state index is -4.27. The van der Waals surface area contributed by atoms with Crippen molar-refractivity contribution in [1.29, 1.82) is 2.56 Å². The largest absolute Gasteiger partial charge is 0.744 e. The highest BCUT2D eigenvalue weighted by atomic mass is 35.5. The number of hydrogen-bond donors (Lipinski definition) is 8. The molecule has 0 aliphatic carbocycles. The van der Waals surface area contributed by atoms with Crippen LogP contribution in [0.25, 0.3) is 0 Å². The zero-order valence-electron chi connectivity index (χ0n) is 76.1. The lowest BCUT2D eigenvalue weighted by Crippen LogP contribution is -2.36. The predicted molar refractivity (Wildman–Crippen MR) is 527 cm³/mol. The van der Waals surface area contributed by atoms with Crippen molar-refractivity contribution in [3.63, 3.8) is 0 Å². The first-order chi connectivity index (χ1) is 64.2. The Morgan fingerprint density at radius 1 is 0.326 bits per heavy atom. The number of carboxylic acid groups (broad SMARTS) is 1. The van der Waals surface area contributed by atoms with Crippen molar-refractivity contribution in [3.05, 3.63) is 388 Å². The molecule has 12 rings (SSSR count). The third-order valence-electron chi connectivity index (χ3n) is 18.5. The summed E-state index contributed by atoms with van der Waals surface area (Å²) < 4.78 is 124. The van der Waals surface area contributed by atoms with Crippen LogP contribution in [0.4, 0.5) is 0 Å². The van der Waals surface area contributed by atoms with E-state index in [1.165, 1.54) is 24.3 Å². The molecule has 0 bridgehead atoms. The molecule has 722 valence electrons. The Balaban J connectivity index is 0.000000468. The van der Waals surface area contributed by atoms with Crippen molar-refractivity contribution in [2.75, 3.05) is 39.6 Å². The second-order valence-electron chi connectivity index (χ2n) is 29.1. The minimum absolute atomic E-state index is 0. The number of ether oxygens (including phenoxy) is 9. The van der Waals surface area contributed by atoms with Gasteiger partial charge in [-0.3, -0.25) is 24.0 Å². The predicted octanol–water partition coefficient (Wildman–Crippen LogP) is 13.3. The molecule has 0 saturated carbocycles. The van der Waals surface area contributed by atoms with Crippen LogP contribution in [0, 0.1) is 13.8 Å². The van der Waals surface area contributed by atoms with Gasteiger partial charge in [-0.1, -0.05) is 248 Å². The van der Waals surface area contributed by atoms with Crippen molar-refractivity contribution < 1.29 is 108 Å². The van der Waals surface area contributed by atoms with E-state index in [0.29, 0.717) is 65.1 Å². The number of aliphatic hydroxyl groups is 2. The summed E-state index contributed by atoms with van der Waals surface area (Å²) in [5, 5.41) is 24.0. The highest BCUT2D eigenvalue weighted by Gasteiger charge is 2.22. The molecular weight excluding hydrogens is 1870 g/mol. The van der Waals surface area contributed by atoms with E-state index in [2.05, 4.69) is 11.8 Å². The number of aliphatic carboxylic acids is 1. The van der Waals surface area contributed by atoms with Crippen LogP contribution in [0.3, 0.4) is 0 Å². The molecule has 0 aliphatic heterocycles. The molecule has 6 atom stereocenters. The van der Waals surface area contributed by atoms with E-state index < -0.39 is 88.2 Å². The summed E-state index contributed by atoms with van der Waals surface area (Å²) in [6.07, 6.45) is 1.53. The molecule has 0 saturated heterocycles.